The van der Waals surface area contributed by atoms with Gasteiger partial charge in [-0.15, -0.1) is 0 Å². The molecular formula is C15H17BrN4O2S. The van der Waals surface area contributed by atoms with Gasteiger partial charge in [-0.2, -0.15) is 0 Å². The van der Waals surface area contributed by atoms with Gasteiger partial charge in [0.2, 0.25) is 16.0 Å². The molecule has 0 bridgehead atoms. The van der Waals surface area contributed by atoms with E-state index in [1.807, 2.05) is 0 Å². The van der Waals surface area contributed by atoms with E-state index in [1.54, 1.807) is 36.5 Å². The zero-order valence-electron chi connectivity index (χ0n) is 12.4. The number of anilines is 1. The van der Waals surface area contributed by atoms with E-state index in [4.69, 9.17) is 0 Å². The summed E-state index contributed by atoms with van der Waals surface area (Å²) in [6.07, 6.45) is 3.96. The first-order valence-corrected chi connectivity index (χ1v) is 9.64. The summed E-state index contributed by atoms with van der Waals surface area (Å²) in [6, 6.07) is 8.24. The SMILES string of the molecule is O=S(=O)(NCc1ccnc(N2CCCC2)n1)c1ccc(Br)cc1. The van der Waals surface area contributed by atoms with Crippen LogP contribution in [0.15, 0.2) is 45.9 Å². The van der Waals surface area contributed by atoms with E-state index in [2.05, 4.69) is 35.5 Å². The van der Waals surface area contributed by atoms with Crippen LogP contribution in [-0.4, -0.2) is 31.5 Å². The Morgan fingerprint density at radius 1 is 1.13 bits per heavy atom. The van der Waals surface area contributed by atoms with E-state index in [0.717, 1.165) is 30.4 Å². The summed E-state index contributed by atoms with van der Waals surface area (Å²) in [7, 11) is -3.55. The number of nitrogens with zero attached hydrogens (tertiary/aromatic N) is 3. The molecule has 1 fully saturated rings. The Hall–Kier alpha value is -1.51. The number of hydrogen-bond acceptors (Lipinski definition) is 5. The Balaban J connectivity index is 1.70. The smallest absolute Gasteiger partial charge is 0.240 e. The molecule has 0 saturated carbocycles. The van der Waals surface area contributed by atoms with Crippen LogP contribution in [0.1, 0.15) is 18.5 Å². The van der Waals surface area contributed by atoms with Gasteiger partial charge < -0.3 is 4.90 Å². The Morgan fingerprint density at radius 3 is 2.52 bits per heavy atom. The third-order valence-corrected chi connectivity index (χ3v) is 5.60. The lowest BCUT2D eigenvalue weighted by molar-refractivity contribution is 0.580. The number of aromatic nitrogens is 2. The van der Waals surface area contributed by atoms with Gasteiger partial charge in [-0.05, 0) is 43.2 Å². The summed E-state index contributed by atoms with van der Waals surface area (Å²) >= 11 is 3.29. The molecule has 1 aliphatic rings. The molecule has 23 heavy (non-hydrogen) atoms. The molecule has 6 nitrogen and oxygen atoms in total. The minimum atomic E-state index is -3.55. The predicted octanol–water partition coefficient (Wildman–Crippen LogP) is 2.32. The topological polar surface area (TPSA) is 75.2 Å². The number of sulfonamides is 1. The van der Waals surface area contributed by atoms with E-state index in [1.165, 1.54) is 0 Å². The zero-order valence-corrected chi connectivity index (χ0v) is 14.8. The largest absolute Gasteiger partial charge is 0.341 e. The molecule has 0 unspecified atom stereocenters. The van der Waals surface area contributed by atoms with E-state index in [9.17, 15) is 8.42 Å². The molecule has 2 heterocycles. The van der Waals surface area contributed by atoms with Crippen LogP contribution in [0.2, 0.25) is 0 Å². The first-order valence-electron chi connectivity index (χ1n) is 7.37. The van der Waals surface area contributed by atoms with Crippen LogP contribution in [0.25, 0.3) is 0 Å². The van der Waals surface area contributed by atoms with E-state index in [0.29, 0.717) is 11.6 Å². The fraction of sp³-hybridized carbons (Fsp3) is 0.333. The molecule has 0 aliphatic carbocycles. The first-order chi connectivity index (χ1) is 11.0. The third kappa shape index (κ3) is 4.07. The van der Waals surface area contributed by atoms with Crippen LogP contribution < -0.4 is 9.62 Å². The second-order valence-corrected chi connectivity index (χ2v) is 8.00. The lowest BCUT2D eigenvalue weighted by atomic mass is 10.4. The van der Waals surface area contributed by atoms with Crippen LogP contribution in [-0.2, 0) is 16.6 Å². The molecule has 3 rings (SSSR count). The minimum absolute atomic E-state index is 0.141. The molecule has 0 radical (unpaired) electrons. The van der Waals surface area contributed by atoms with Crippen molar-refractivity contribution in [2.24, 2.45) is 0 Å². The highest BCUT2D eigenvalue weighted by Crippen LogP contribution is 2.16. The van der Waals surface area contributed by atoms with Gasteiger partial charge in [-0.1, -0.05) is 15.9 Å². The number of benzene rings is 1. The first kappa shape index (κ1) is 16.4. The van der Waals surface area contributed by atoms with E-state index < -0.39 is 10.0 Å². The van der Waals surface area contributed by atoms with Crippen LogP contribution in [0.3, 0.4) is 0 Å². The van der Waals surface area contributed by atoms with Crippen molar-refractivity contribution in [3.05, 3.63) is 46.7 Å². The molecule has 8 heteroatoms. The lowest BCUT2D eigenvalue weighted by Gasteiger charge is -2.15. The average molecular weight is 397 g/mol. The Kier molecular flexibility index (Phi) is 4.93. The highest BCUT2D eigenvalue weighted by molar-refractivity contribution is 9.10. The zero-order chi connectivity index (χ0) is 16.3. The lowest BCUT2D eigenvalue weighted by Crippen LogP contribution is -2.25. The van der Waals surface area contributed by atoms with Crippen molar-refractivity contribution in [2.45, 2.75) is 24.3 Å². The molecule has 1 N–H and O–H groups in total. The molecule has 0 atom stereocenters. The number of hydrogen-bond donors (Lipinski definition) is 1. The number of halogens is 1. The molecular weight excluding hydrogens is 380 g/mol. The Labute approximate surface area is 144 Å². The monoisotopic (exact) mass is 396 g/mol. The Bertz CT molecular complexity index is 774. The maximum atomic E-state index is 12.3. The van der Waals surface area contributed by atoms with Gasteiger partial charge in [0, 0.05) is 23.8 Å². The van der Waals surface area contributed by atoms with Crippen LogP contribution in [0, 0.1) is 0 Å². The van der Waals surface area contributed by atoms with Crippen molar-refractivity contribution in [1.82, 2.24) is 14.7 Å². The van der Waals surface area contributed by atoms with Crippen LogP contribution in [0.5, 0.6) is 0 Å². The molecule has 0 amide bonds. The minimum Gasteiger partial charge on any atom is -0.341 e. The third-order valence-electron chi connectivity index (χ3n) is 3.66. The fourth-order valence-electron chi connectivity index (χ4n) is 2.42. The van der Waals surface area contributed by atoms with E-state index >= 15 is 0 Å². The Morgan fingerprint density at radius 2 is 1.83 bits per heavy atom. The normalized spacial score (nSPS) is 15.1. The molecule has 0 spiro atoms. The summed E-state index contributed by atoms with van der Waals surface area (Å²) in [6.45, 7) is 2.05. The average Bonchev–Trinajstić information content (AvgIpc) is 3.08. The second kappa shape index (κ2) is 6.94. The number of nitrogens with one attached hydrogen (secondary N) is 1. The summed E-state index contributed by atoms with van der Waals surface area (Å²) < 4.78 is 28.0. The quantitative estimate of drug-likeness (QED) is 0.838. The van der Waals surface area contributed by atoms with Gasteiger partial charge in [-0.25, -0.2) is 23.1 Å². The van der Waals surface area contributed by atoms with Crippen molar-refractivity contribution < 1.29 is 8.42 Å². The van der Waals surface area contributed by atoms with Gasteiger partial charge in [0.1, 0.15) is 0 Å². The fourth-order valence-corrected chi connectivity index (χ4v) is 3.68. The molecule has 2 aromatic rings. The molecule has 122 valence electrons. The van der Waals surface area contributed by atoms with Crippen LogP contribution >= 0.6 is 15.9 Å². The van der Waals surface area contributed by atoms with Gasteiger partial charge >= 0.3 is 0 Å². The standard InChI is InChI=1S/C15H17BrN4O2S/c16-12-3-5-14(6-4-12)23(21,22)18-11-13-7-8-17-15(19-13)20-9-1-2-10-20/h3-8,18H,1-2,9-11H2. The van der Waals surface area contributed by atoms with Crippen molar-refractivity contribution in [3.8, 4) is 0 Å². The van der Waals surface area contributed by atoms with E-state index in [-0.39, 0.29) is 11.4 Å². The van der Waals surface area contributed by atoms with Crippen molar-refractivity contribution in [2.75, 3.05) is 18.0 Å². The van der Waals surface area contributed by atoms with Crippen LogP contribution in [0.4, 0.5) is 5.95 Å². The predicted molar refractivity (Wildman–Crippen MR) is 91.6 cm³/mol. The maximum absolute atomic E-state index is 12.3. The van der Waals surface area contributed by atoms with Gasteiger partial charge in [0.15, 0.2) is 0 Å². The molecule has 1 aromatic heterocycles. The number of rotatable bonds is 5. The highest BCUT2D eigenvalue weighted by atomic mass is 79.9. The van der Waals surface area contributed by atoms with Gasteiger partial charge in [-0.3, -0.25) is 0 Å². The summed E-state index contributed by atoms with van der Waals surface area (Å²) in [5, 5.41) is 0. The molecule has 1 aromatic carbocycles. The molecule has 1 saturated heterocycles. The van der Waals surface area contributed by atoms with Gasteiger partial charge in [0.25, 0.3) is 0 Å². The van der Waals surface area contributed by atoms with Crippen molar-refractivity contribution >= 4 is 31.9 Å². The van der Waals surface area contributed by atoms with Crippen molar-refractivity contribution in [3.63, 3.8) is 0 Å². The highest BCUT2D eigenvalue weighted by Gasteiger charge is 2.17. The van der Waals surface area contributed by atoms with Gasteiger partial charge in [0.05, 0.1) is 17.1 Å². The maximum Gasteiger partial charge on any atom is 0.240 e. The summed E-state index contributed by atoms with van der Waals surface area (Å²) in [5.74, 6) is 0.669. The summed E-state index contributed by atoms with van der Waals surface area (Å²) in [4.78, 5) is 11.1. The second-order valence-electron chi connectivity index (χ2n) is 5.32. The van der Waals surface area contributed by atoms with Crippen molar-refractivity contribution in [1.29, 1.82) is 0 Å². The summed E-state index contributed by atoms with van der Waals surface area (Å²) in [5.41, 5.74) is 0.655. The molecule has 1 aliphatic heterocycles.